The maximum Gasteiger partial charge on any atom is 0.240 e. The van der Waals surface area contributed by atoms with Gasteiger partial charge in [-0.2, -0.15) is 0 Å². The SMILES string of the molecule is CC(C)N(CCOC1CCC(CNS(=O)(=O)c2ccc(Br)cc2)CC1)C(C)C. The molecule has 0 radical (unpaired) electrons. The molecule has 1 fully saturated rings. The summed E-state index contributed by atoms with van der Waals surface area (Å²) in [4.78, 5) is 2.76. The molecule has 1 aliphatic carbocycles. The van der Waals surface area contributed by atoms with E-state index in [1.807, 2.05) is 0 Å². The van der Waals surface area contributed by atoms with E-state index in [0.717, 1.165) is 43.3 Å². The second-order valence-corrected chi connectivity index (χ2v) is 10.9. The molecular formula is C21H35BrN2O3S. The Hall–Kier alpha value is -0.470. The number of nitrogens with one attached hydrogen (secondary N) is 1. The van der Waals surface area contributed by atoms with Crippen LogP contribution in [0.25, 0.3) is 0 Å². The molecule has 1 aromatic carbocycles. The zero-order valence-electron chi connectivity index (χ0n) is 17.5. The smallest absolute Gasteiger partial charge is 0.240 e. The minimum absolute atomic E-state index is 0.306. The van der Waals surface area contributed by atoms with Crippen LogP contribution in [-0.2, 0) is 14.8 Å². The molecule has 0 atom stereocenters. The number of halogens is 1. The molecule has 0 saturated heterocycles. The summed E-state index contributed by atoms with van der Waals surface area (Å²) in [6.07, 6.45) is 4.33. The van der Waals surface area contributed by atoms with Crippen LogP contribution in [0.2, 0.25) is 0 Å². The summed E-state index contributed by atoms with van der Waals surface area (Å²) in [6.45, 7) is 11.1. The predicted molar refractivity (Wildman–Crippen MR) is 118 cm³/mol. The minimum Gasteiger partial charge on any atom is -0.377 e. The third-order valence-corrected chi connectivity index (χ3v) is 7.48. The van der Waals surface area contributed by atoms with Crippen LogP contribution in [0, 0.1) is 5.92 Å². The summed E-state index contributed by atoms with van der Waals surface area (Å²) in [5, 5.41) is 0. The summed E-state index contributed by atoms with van der Waals surface area (Å²) in [5.74, 6) is 0.382. The van der Waals surface area contributed by atoms with E-state index in [9.17, 15) is 8.42 Å². The zero-order chi connectivity index (χ0) is 20.7. The van der Waals surface area contributed by atoms with Gasteiger partial charge in [-0.15, -0.1) is 0 Å². The van der Waals surface area contributed by atoms with Crippen LogP contribution < -0.4 is 4.72 Å². The molecule has 0 aromatic heterocycles. The van der Waals surface area contributed by atoms with E-state index in [2.05, 4.69) is 53.2 Å². The lowest BCUT2D eigenvalue weighted by Crippen LogP contribution is -2.40. The Labute approximate surface area is 179 Å². The number of hydrogen-bond acceptors (Lipinski definition) is 4. The molecule has 0 amide bonds. The lowest BCUT2D eigenvalue weighted by atomic mass is 9.87. The van der Waals surface area contributed by atoms with E-state index in [4.69, 9.17) is 4.74 Å². The number of rotatable bonds is 10. The highest BCUT2D eigenvalue weighted by molar-refractivity contribution is 9.10. The van der Waals surface area contributed by atoms with Crippen molar-refractivity contribution < 1.29 is 13.2 Å². The van der Waals surface area contributed by atoms with Gasteiger partial charge >= 0.3 is 0 Å². The highest BCUT2D eigenvalue weighted by Gasteiger charge is 2.24. The topological polar surface area (TPSA) is 58.6 Å². The summed E-state index contributed by atoms with van der Waals surface area (Å²) in [5.41, 5.74) is 0. The van der Waals surface area contributed by atoms with Crippen LogP contribution in [0.1, 0.15) is 53.4 Å². The molecule has 0 aliphatic heterocycles. The third-order valence-electron chi connectivity index (χ3n) is 5.51. The van der Waals surface area contributed by atoms with Gasteiger partial charge in [0, 0.05) is 29.6 Å². The van der Waals surface area contributed by atoms with E-state index >= 15 is 0 Å². The Bertz CT molecular complexity index is 676. The fraction of sp³-hybridized carbons (Fsp3) is 0.714. The third kappa shape index (κ3) is 7.41. The lowest BCUT2D eigenvalue weighted by molar-refractivity contribution is -0.000186. The normalized spacial score (nSPS) is 21.0. The quantitative estimate of drug-likeness (QED) is 0.544. The van der Waals surface area contributed by atoms with Crippen molar-refractivity contribution >= 4 is 26.0 Å². The molecule has 2 rings (SSSR count). The average Bonchev–Trinajstić information content (AvgIpc) is 2.64. The van der Waals surface area contributed by atoms with Gasteiger partial charge in [0.1, 0.15) is 0 Å². The van der Waals surface area contributed by atoms with Gasteiger partial charge in [0.05, 0.1) is 17.6 Å². The van der Waals surface area contributed by atoms with E-state index < -0.39 is 10.0 Å². The van der Waals surface area contributed by atoms with Gasteiger partial charge in [-0.05, 0) is 83.6 Å². The van der Waals surface area contributed by atoms with E-state index in [0.29, 0.717) is 35.5 Å². The van der Waals surface area contributed by atoms with Crippen molar-refractivity contribution in [1.29, 1.82) is 0 Å². The van der Waals surface area contributed by atoms with Gasteiger partial charge in [-0.25, -0.2) is 13.1 Å². The molecule has 7 heteroatoms. The number of sulfonamides is 1. The van der Waals surface area contributed by atoms with Gasteiger partial charge in [-0.1, -0.05) is 15.9 Å². The Morgan fingerprint density at radius 1 is 1.07 bits per heavy atom. The molecule has 1 aromatic rings. The first kappa shape index (κ1) is 23.8. The average molecular weight is 475 g/mol. The van der Waals surface area contributed by atoms with Crippen LogP contribution in [0.5, 0.6) is 0 Å². The summed E-state index contributed by atoms with van der Waals surface area (Å²) < 4.78 is 34.6. The van der Waals surface area contributed by atoms with Crippen molar-refractivity contribution in [3.8, 4) is 0 Å². The Kier molecular flexibility index (Phi) is 9.41. The van der Waals surface area contributed by atoms with Crippen LogP contribution in [0.15, 0.2) is 33.6 Å². The van der Waals surface area contributed by atoms with Crippen molar-refractivity contribution in [2.45, 2.75) is 76.5 Å². The zero-order valence-corrected chi connectivity index (χ0v) is 19.9. The minimum atomic E-state index is -3.44. The van der Waals surface area contributed by atoms with Crippen molar-refractivity contribution in [3.63, 3.8) is 0 Å². The Balaban J connectivity index is 1.70. The summed E-state index contributed by atoms with van der Waals surface area (Å²) in [7, 11) is -3.44. The van der Waals surface area contributed by atoms with Gasteiger partial charge in [0.2, 0.25) is 10.0 Å². The monoisotopic (exact) mass is 474 g/mol. The highest BCUT2D eigenvalue weighted by atomic mass is 79.9. The van der Waals surface area contributed by atoms with Gasteiger partial charge in [-0.3, -0.25) is 4.90 Å². The number of benzene rings is 1. The number of nitrogens with zero attached hydrogens (tertiary/aromatic N) is 1. The van der Waals surface area contributed by atoms with Gasteiger partial charge < -0.3 is 4.74 Å². The largest absolute Gasteiger partial charge is 0.377 e. The summed E-state index contributed by atoms with van der Waals surface area (Å²) in [6, 6.07) is 7.79. The predicted octanol–water partition coefficient (Wildman–Crippen LogP) is 4.42. The first-order chi connectivity index (χ1) is 13.2. The van der Waals surface area contributed by atoms with E-state index in [1.54, 1.807) is 24.3 Å². The molecule has 5 nitrogen and oxygen atoms in total. The van der Waals surface area contributed by atoms with Crippen LogP contribution >= 0.6 is 15.9 Å². The first-order valence-corrected chi connectivity index (χ1v) is 12.6. The fourth-order valence-electron chi connectivity index (χ4n) is 3.86. The lowest BCUT2D eigenvalue weighted by Gasteiger charge is -2.32. The van der Waals surface area contributed by atoms with Gasteiger partial charge in [0.15, 0.2) is 0 Å². The number of hydrogen-bond donors (Lipinski definition) is 1. The molecule has 28 heavy (non-hydrogen) atoms. The molecular weight excluding hydrogens is 440 g/mol. The molecule has 1 saturated carbocycles. The highest BCUT2D eigenvalue weighted by Crippen LogP contribution is 2.26. The van der Waals surface area contributed by atoms with Crippen molar-refractivity contribution in [1.82, 2.24) is 9.62 Å². The molecule has 0 spiro atoms. The summed E-state index contributed by atoms with van der Waals surface area (Å²) >= 11 is 3.33. The van der Waals surface area contributed by atoms with Crippen molar-refractivity contribution in [2.24, 2.45) is 5.92 Å². The van der Waals surface area contributed by atoms with E-state index in [1.165, 1.54) is 0 Å². The van der Waals surface area contributed by atoms with Crippen LogP contribution in [-0.4, -0.2) is 51.2 Å². The number of ether oxygens (including phenoxy) is 1. The first-order valence-electron chi connectivity index (χ1n) is 10.3. The molecule has 0 unspecified atom stereocenters. The van der Waals surface area contributed by atoms with Crippen LogP contribution in [0.4, 0.5) is 0 Å². The maximum atomic E-state index is 12.4. The molecule has 1 N–H and O–H groups in total. The fourth-order valence-corrected chi connectivity index (χ4v) is 5.25. The molecule has 0 bridgehead atoms. The molecule has 1 aliphatic rings. The molecule has 160 valence electrons. The second-order valence-electron chi connectivity index (χ2n) is 8.24. The van der Waals surface area contributed by atoms with Gasteiger partial charge in [0.25, 0.3) is 0 Å². The maximum absolute atomic E-state index is 12.4. The van der Waals surface area contributed by atoms with Crippen LogP contribution in [0.3, 0.4) is 0 Å². The Morgan fingerprint density at radius 2 is 1.64 bits per heavy atom. The molecule has 0 heterocycles. The Morgan fingerprint density at radius 3 is 2.18 bits per heavy atom. The second kappa shape index (κ2) is 11.1. The van der Waals surface area contributed by atoms with Crippen molar-refractivity contribution in [3.05, 3.63) is 28.7 Å². The standard InChI is InChI=1S/C21H35BrN2O3S/c1-16(2)24(17(3)4)13-14-27-20-9-5-18(6-10-20)15-23-28(25,26)21-11-7-19(22)8-12-21/h7-8,11-12,16-18,20,23H,5-6,9-10,13-15H2,1-4H3. The van der Waals surface area contributed by atoms with Crippen molar-refractivity contribution in [2.75, 3.05) is 19.7 Å². The van der Waals surface area contributed by atoms with E-state index in [-0.39, 0.29) is 0 Å².